The Kier molecular flexibility index (Phi) is 6.44. The Hall–Kier alpha value is -2.06. The van der Waals surface area contributed by atoms with Crippen molar-refractivity contribution in [2.24, 2.45) is 0 Å². The Labute approximate surface area is 155 Å². The van der Waals surface area contributed by atoms with E-state index in [2.05, 4.69) is 0 Å². The van der Waals surface area contributed by atoms with E-state index in [0.29, 0.717) is 33.9 Å². The van der Waals surface area contributed by atoms with Crippen LogP contribution in [0.3, 0.4) is 0 Å². The third-order valence-electron chi connectivity index (χ3n) is 3.41. The number of hydrogen-bond acceptors (Lipinski definition) is 6. The van der Waals surface area contributed by atoms with Crippen LogP contribution in [0.15, 0.2) is 23.1 Å². The van der Waals surface area contributed by atoms with Gasteiger partial charge in [0.15, 0.2) is 17.6 Å². The number of carboxylic acids is 1. The van der Waals surface area contributed by atoms with E-state index in [4.69, 9.17) is 26.8 Å². The number of carbonyl (C=O) groups excluding carboxylic acids is 1. The van der Waals surface area contributed by atoms with Crippen molar-refractivity contribution in [3.05, 3.63) is 28.7 Å². The second kappa shape index (κ2) is 8.35. The van der Waals surface area contributed by atoms with Crippen molar-refractivity contribution in [3.63, 3.8) is 0 Å². The second-order valence-corrected chi connectivity index (χ2v) is 6.84. The van der Waals surface area contributed by atoms with E-state index in [1.54, 1.807) is 29.2 Å². The molecule has 134 valence electrons. The van der Waals surface area contributed by atoms with Crippen molar-refractivity contribution in [1.29, 1.82) is 0 Å². The Morgan fingerprint density at radius 3 is 2.68 bits per heavy atom. The molecule has 25 heavy (non-hydrogen) atoms. The minimum Gasteiger partial charge on any atom is -0.490 e. The molecule has 8 heteroatoms. The summed E-state index contributed by atoms with van der Waals surface area (Å²) < 4.78 is 11.5. The fourth-order valence-electron chi connectivity index (χ4n) is 2.14. The molecule has 1 amide bonds. The molecule has 1 atom stereocenters. The zero-order valence-electron chi connectivity index (χ0n) is 14.1. The molecule has 1 unspecified atom stereocenters. The number of thioether (sulfide) groups is 1. The van der Waals surface area contributed by atoms with E-state index in [9.17, 15) is 9.59 Å². The van der Waals surface area contributed by atoms with E-state index < -0.39 is 12.1 Å². The highest BCUT2D eigenvalue weighted by Gasteiger charge is 2.30. The van der Waals surface area contributed by atoms with Crippen LogP contribution in [0.4, 0.5) is 0 Å². The van der Waals surface area contributed by atoms with E-state index in [1.165, 1.54) is 18.7 Å². The van der Waals surface area contributed by atoms with Gasteiger partial charge in [0.2, 0.25) is 0 Å². The van der Waals surface area contributed by atoms with Crippen molar-refractivity contribution in [2.45, 2.75) is 26.9 Å². The van der Waals surface area contributed by atoms with Gasteiger partial charge < -0.3 is 14.6 Å². The number of aliphatic carboxylic acids is 1. The number of benzene rings is 1. The normalized spacial score (nSPS) is 17.1. The Balaban J connectivity index is 2.30. The number of carbonyl (C=O) groups is 2. The molecule has 1 aromatic carbocycles. The summed E-state index contributed by atoms with van der Waals surface area (Å²) in [5.41, 5.74) is 0.746. The smallest absolute Gasteiger partial charge is 0.344 e. The van der Waals surface area contributed by atoms with Crippen LogP contribution >= 0.6 is 24.0 Å². The molecular formula is C17H19NO5S2. The average Bonchev–Trinajstić information content (AvgIpc) is 2.83. The molecule has 0 saturated carbocycles. The van der Waals surface area contributed by atoms with Gasteiger partial charge in [-0.3, -0.25) is 9.69 Å². The molecular weight excluding hydrogens is 362 g/mol. The molecule has 1 heterocycles. The highest BCUT2D eigenvalue weighted by molar-refractivity contribution is 8.26. The van der Waals surface area contributed by atoms with Crippen LogP contribution < -0.4 is 9.47 Å². The highest BCUT2D eigenvalue weighted by Crippen LogP contribution is 2.35. The first-order chi connectivity index (χ1) is 11.9. The van der Waals surface area contributed by atoms with E-state index in [-0.39, 0.29) is 5.91 Å². The number of thiocarbonyl (C=S) groups is 1. The zero-order chi connectivity index (χ0) is 18.6. The number of carboxylic acid groups (broad SMARTS) is 1. The molecule has 1 aliphatic rings. The van der Waals surface area contributed by atoms with Gasteiger partial charge in [-0.15, -0.1) is 0 Å². The van der Waals surface area contributed by atoms with Crippen molar-refractivity contribution in [2.75, 3.05) is 13.2 Å². The van der Waals surface area contributed by atoms with Crippen LogP contribution in [-0.2, 0) is 9.59 Å². The Morgan fingerprint density at radius 2 is 2.12 bits per heavy atom. The molecule has 6 nitrogen and oxygen atoms in total. The molecule has 0 aliphatic carbocycles. The maximum Gasteiger partial charge on any atom is 0.344 e. The molecule has 1 aromatic rings. The van der Waals surface area contributed by atoms with Crippen molar-refractivity contribution in [3.8, 4) is 11.5 Å². The summed E-state index contributed by atoms with van der Waals surface area (Å²) >= 11 is 6.46. The summed E-state index contributed by atoms with van der Waals surface area (Å²) in [6, 6.07) is 5.09. The number of amides is 1. The maximum absolute atomic E-state index is 12.3. The first-order valence-electron chi connectivity index (χ1n) is 7.79. The van der Waals surface area contributed by atoms with Crippen molar-refractivity contribution in [1.82, 2.24) is 4.90 Å². The monoisotopic (exact) mass is 381 g/mol. The lowest BCUT2D eigenvalue weighted by molar-refractivity contribution is -0.144. The zero-order valence-corrected chi connectivity index (χ0v) is 15.8. The lowest BCUT2D eigenvalue weighted by Gasteiger charge is -2.15. The molecule has 1 saturated heterocycles. The fraction of sp³-hybridized carbons (Fsp3) is 0.353. The fourth-order valence-corrected chi connectivity index (χ4v) is 3.53. The van der Waals surface area contributed by atoms with Crippen LogP contribution in [-0.4, -0.2) is 45.5 Å². The quantitative estimate of drug-likeness (QED) is 0.574. The van der Waals surface area contributed by atoms with Gasteiger partial charge in [0, 0.05) is 6.54 Å². The molecule has 2 rings (SSSR count). The number of likely N-dealkylation sites (N-methyl/N-ethyl adjacent to an activating group) is 1. The van der Waals surface area contributed by atoms with Crippen LogP contribution in [0.1, 0.15) is 26.3 Å². The van der Waals surface area contributed by atoms with E-state index in [0.717, 1.165) is 5.56 Å². The Morgan fingerprint density at radius 1 is 1.40 bits per heavy atom. The van der Waals surface area contributed by atoms with Crippen LogP contribution in [0.2, 0.25) is 0 Å². The second-order valence-electron chi connectivity index (χ2n) is 5.16. The largest absolute Gasteiger partial charge is 0.490 e. The summed E-state index contributed by atoms with van der Waals surface area (Å²) in [7, 11) is 0. The van der Waals surface area contributed by atoms with Gasteiger partial charge in [-0.05, 0) is 44.5 Å². The summed E-state index contributed by atoms with van der Waals surface area (Å²) in [6.07, 6.45) is 0.743. The van der Waals surface area contributed by atoms with Gasteiger partial charge in [0.05, 0.1) is 11.5 Å². The van der Waals surface area contributed by atoms with E-state index in [1.807, 2.05) is 13.8 Å². The molecule has 1 aliphatic heterocycles. The highest BCUT2D eigenvalue weighted by atomic mass is 32.2. The van der Waals surface area contributed by atoms with Crippen LogP contribution in [0.25, 0.3) is 6.08 Å². The molecule has 0 spiro atoms. The minimum absolute atomic E-state index is 0.115. The standard InChI is InChI=1S/C17H19NO5S2/c1-4-18-15(19)14(25-17(18)24)9-11-6-7-12(13(8-11)22-5-2)23-10(3)16(20)21/h6-10H,4-5H2,1-3H3,(H,20,21)/b14-9+. The summed E-state index contributed by atoms with van der Waals surface area (Å²) in [5, 5.41) is 8.98. The van der Waals surface area contributed by atoms with Gasteiger partial charge in [0.1, 0.15) is 4.32 Å². The van der Waals surface area contributed by atoms with Gasteiger partial charge in [-0.1, -0.05) is 30.0 Å². The van der Waals surface area contributed by atoms with Gasteiger partial charge in [-0.25, -0.2) is 4.79 Å². The minimum atomic E-state index is -1.06. The first-order valence-corrected chi connectivity index (χ1v) is 9.01. The van der Waals surface area contributed by atoms with Crippen molar-refractivity contribution < 1.29 is 24.2 Å². The first kappa shape index (κ1) is 19.3. The SMILES string of the molecule is CCOc1cc(/C=C2/SC(=S)N(CC)C2=O)ccc1OC(C)C(=O)O. The predicted molar refractivity (Wildman–Crippen MR) is 101 cm³/mol. The van der Waals surface area contributed by atoms with Crippen molar-refractivity contribution >= 4 is 46.3 Å². The molecule has 0 radical (unpaired) electrons. The van der Waals surface area contributed by atoms with Gasteiger partial charge >= 0.3 is 5.97 Å². The number of ether oxygens (including phenoxy) is 2. The van der Waals surface area contributed by atoms with Crippen LogP contribution in [0, 0.1) is 0 Å². The third-order valence-corrected chi connectivity index (χ3v) is 4.78. The summed E-state index contributed by atoms with van der Waals surface area (Å²) in [5.74, 6) is -0.407. The van der Waals surface area contributed by atoms with Crippen LogP contribution in [0.5, 0.6) is 11.5 Å². The average molecular weight is 381 g/mol. The number of hydrogen-bond donors (Lipinski definition) is 1. The number of rotatable bonds is 7. The Bertz CT molecular complexity index is 732. The third kappa shape index (κ3) is 4.52. The van der Waals surface area contributed by atoms with E-state index >= 15 is 0 Å². The summed E-state index contributed by atoms with van der Waals surface area (Å²) in [6.45, 7) is 6.08. The molecule has 0 bridgehead atoms. The predicted octanol–water partition coefficient (Wildman–Crippen LogP) is 3.16. The number of nitrogens with zero attached hydrogens (tertiary/aromatic N) is 1. The summed E-state index contributed by atoms with van der Waals surface area (Å²) in [4.78, 5) is 25.3. The maximum atomic E-state index is 12.3. The van der Waals surface area contributed by atoms with Gasteiger partial charge in [-0.2, -0.15) is 0 Å². The molecule has 1 N–H and O–H groups in total. The topological polar surface area (TPSA) is 76.1 Å². The molecule has 1 fully saturated rings. The lowest BCUT2D eigenvalue weighted by Crippen LogP contribution is -2.27. The van der Waals surface area contributed by atoms with Gasteiger partial charge in [0.25, 0.3) is 5.91 Å². The lowest BCUT2D eigenvalue weighted by atomic mass is 10.1. The molecule has 0 aromatic heterocycles.